The Morgan fingerprint density at radius 1 is 1.28 bits per heavy atom. The highest BCUT2D eigenvalue weighted by Crippen LogP contribution is 2.26. The first-order valence-corrected chi connectivity index (χ1v) is 6.20. The molecule has 0 amide bonds. The van der Waals surface area contributed by atoms with Gasteiger partial charge in [-0.05, 0) is 30.3 Å². The summed E-state index contributed by atoms with van der Waals surface area (Å²) in [5, 5.41) is 0.679. The van der Waals surface area contributed by atoms with Gasteiger partial charge in [0.05, 0.1) is 10.7 Å². The number of halogens is 1. The number of pyridine rings is 1. The largest absolute Gasteiger partial charge is 0.399 e. The predicted octanol–water partition coefficient (Wildman–Crippen LogP) is 3.00. The van der Waals surface area contributed by atoms with E-state index in [1.807, 2.05) is 43.6 Å². The first-order valence-electron chi connectivity index (χ1n) is 5.83. The lowest BCUT2D eigenvalue weighted by atomic mass is 10.2. The topological polar surface area (TPSA) is 42.2 Å². The van der Waals surface area contributed by atoms with Gasteiger partial charge in [0.15, 0.2) is 0 Å². The summed E-state index contributed by atoms with van der Waals surface area (Å²) in [6.07, 6.45) is 2.70. The molecule has 0 saturated carbocycles. The van der Waals surface area contributed by atoms with Gasteiger partial charge in [-0.2, -0.15) is 0 Å². The first-order chi connectivity index (χ1) is 8.66. The summed E-state index contributed by atoms with van der Waals surface area (Å²) in [5.74, 6) is 0. The highest BCUT2D eigenvalue weighted by molar-refractivity contribution is 6.33. The van der Waals surface area contributed by atoms with E-state index in [0.29, 0.717) is 10.7 Å². The minimum atomic E-state index is 0.679. The fourth-order valence-electron chi connectivity index (χ4n) is 1.78. The van der Waals surface area contributed by atoms with Gasteiger partial charge in [-0.1, -0.05) is 17.7 Å². The van der Waals surface area contributed by atoms with E-state index in [2.05, 4.69) is 9.88 Å². The number of nitrogen functional groups attached to an aromatic ring is 1. The van der Waals surface area contributed by atoms with Crippen molar-refractivity contribution in [3.05, 3.63) is 53.3 Å². The van der Waals surface area contributed by atoms with Crippen molar-refractivity contribution in [1.82, 2.24) is 4.98 Å². The molecule has 0 spiro atoms. The van der Waals surface area contributed by atoms with Crippen LogP contribution in [-0.2, 0) is 6.42 Å². The van der Waals surface area contributed by atoms with E-state index in [-0.39, 0.29) is 0 Å². The van der Waals surface area contributed by atoms with E-state index >= 15 is 0 Å². The molecule has 0 atom stereocenters. The molecule has 0 aliphatic heterocycles. The molecule has 3 nitrogen and oxygen atoms in total. The molecule has 0 aliphatic carbocycles. The molecule has 0 fully saturated rings. The van der Waals surface area contributed by atoms with Crippen LogP contribution >= 0.6 is 11.6 Å². The molecule has 2 rings (SSSR count). The van der Waals surface area contributed by atoms with Crippen molar-refractivity contribution >= 4 is 23.0 Å². The number of benzene rings is 1. The Morgan fingerprint density at radius 2 is 2.11 bits per heavy atom. The Morgan fingerprint density at radius 3 is 2.78 bits per heavy atom. The van der Waals surface area contributed by atoms with E-state index in [0.717, 1.165) is 24.3 Å². The van der Waals surface area contributed by atoms with Crippen molar-refractivity contribution in [2.24, 2.45) is 0 Å². The van der Waals surface area contributed by atoms with Gasteiger partial charge in [-0.25, -0.2) is 0 Å². The summed E-state index contributed by atoms with van der Waals surface area (Å²) in [5.41, 5.74) is 8.43. The fourth-order valence-corrected chi connectivity index (χ4v) is 2.11. The van der Waals surface area contributed by atoms with Crippen molar-refractivity contribution in [2.45, 2.75) is 6.42 Å². The minimum Gasteiger partial charge on any atom is -0.399 e. The summed E-state index contributed by atoms with van der Waals surface area (Å²) in [6.45, 7) is 0.862. The minimum absolute atomic E-state index is 0.679. The Labute approximate surface area is 112 Å². The van der Waals surface area contributed by atoms with Crippen molar-refractivity contribution in [2.75, 3.05) is 24.2 Å². The maximum Gasteiger partial charge on any atom is 0.0659 e. The van der Waals surface area contributed by atoms with Gasteiger partial charge >= 0.3 is 0 Å². The predicted molar refractivity (Wildman–Crippen MR) is 77.1 cm³/mol. The molecular weight excluding hydrogens is 246 g/mol. The maximum absolute atomic E-state index is 6.17. The van der Waals surface area contributed by atoms with E-state index < -0.39 is 0 Å². The second kappa shape index (κ2) is 5.74. The molecule has 18 heavy (non-hydrogen) atoms. The number of hydrogen-bond donors (Lipinski definition) is 1. The second-order valence-corrected chi connectivity index (χ2v) is 4.61. The lowest BCUT2D eigenvalue weighted by molar-refractivity contribution is 0.853. The van der Waals surface area contributed by atoms with Gasteiger partial charge in [-0.15, -0.1) is 0 Å². The lowest BCUT2D eigenvalue weighted by Crippen LogP contribution is -2.21. The molecule has 0 radical (unpaired) electrons. The molecule has 94 valence electrons. The smallest absolute Gasteiger partial charge is 0.0659 e. The first kappa shape index (κ1) is 12.7. The molecule has 4 heteroatoms. The second-order valence-electron chi connectivity index (χ2n) is 4.20. The zero-order valence-corrected chi connectivity index (χ0v) is 11.1. The number of anilines is 2. The molecule has 1 heterocycles. The summed E-state index contributed by atoms with van der Waals surface area (Å²) in [4.78, 5) is 6.41. The van der Waals surface area contributed by atoms with E-state index in [1.165, 1.54) is 0 Å². The standard InChI is InChI=1S/C14H16ClN3/c1-18(9-7-12-4-2-3-8-17-12)14-6-5-11(16)10-13(14)15/h2-6,8,10H,7,9,16H2,1H3. The summed E-state index contributed by atoms with van der Waals surface area (Å²) in [7, 11) is 2.01. The van der Waals surface area contributed by atoms with Gasteiger partial charge in [0.25, 0.3) is 0 Å². The average molecular weight is 262 g/mol. The number of likely N-dealkylation sites (N-methyl/N-ethyl adjacent to an activating group) is 1. The lowest BCUT2D eigenvalue weighted by Gasteiger charge is -2.20. The highest BCUT2D eigenvalue weighted by Gasteiger charge is 2.06. The summed E-state index contributed by atoms with van der Waals surface area (Å²) < 4.78 is 0. The Hall–Kier alpha value is -1.74. The highest BCUT2D eigenvalue weighted by atomic mass is 35.5. The van der Waals surface area contributed by atoms with E-state index in [4.69, 9.17) is 17.3 Å². The molecule has 2 N–H and O–H groups in total. The molecule has 0 aliphatic rings. The normalized spacial score (nSPS) is 10.3. The Bertz CT molecular complexity index is 514. The van der Waals surface area contributed by atoms with E-state index in [1.54, 1.807) is 6.07 Å². The summed E-state index contributed by atoms with van der Waals surface area (Å²) in [6, 6.07) is 11.5. The van der Waals surface area contributed by atoms with E-state index in [9.17, 15) is 0 Å². The summed E-state index contributed by atoms with van der Waals surface area (Å²) >= 11 is 6.17. The van der Waals surface area contributed by atoms with Crippen LogP contribution in [0, 0.1) is 0 Å². The van der Waals surface area contributed by atoms with Gasteiger partial charge in [0.2, 0.25) is 0 Å². The quantitative estimate of drug-likeness (QED) is 0.861. The molecule has 2 aromatic rings. The third-order valence-corrected chi connectivity index (χ3v) is 3.12. The van der Waals surface area contributed by atoms with Gasteiger partial charge in [0.1, 0.15) is 0 Å². The van der Waals surface area contributed by atoms with Crippen LogP contribution in [0.2, 0.25) is 5.02 Å². The van der Waals surface area contributed by atoms with Gasteiger partial charge in [-0.3, -0.25) is 4.98 Å². The molecular formula is C14H16ClN3. The number of aromatic nitrogens is 1. The van der Waals surface area contributed by atoms with Crippen LogP contribution in [0.15, 0.2) is 42.6 Å². The zero-order valence-electron chi connectivity index (χ0n) is 10.3. The third kappa shape index (κ3) is 3.14. The van der Waals surface area contributed by atoms with Crippen LogP contribution < -0.4 is 10.6 Å². The molecule has 0 saturated heterocycles. The number of nitrogens with two attached hydrogens (primary N) is 1. The molecule has 1 aromatic heterocycles. The van der Waals surface area contributed by atoms with Crippen LogP contribution in [-0.4, -0.2) is 18.6 Å². The number of nitrogens with zero attached hydrogens (tertiary/aromatic N) is 2. The molecule has 0 bridgehead atoms. The van der Waals surface area contributed by atoms with Gasteiger partial charge < -0.3 is 10.6 Å². The van der Waals surface area contributed by atoms with Gasteiger partial charge in [0, 0.05) is 37.6 Å². The van der Waals surface area contributed by atoms with Crippen molar-refractivity contribution < 1.29 is 0 Å². The monoisotopic (exact) mass is 261 g/mol. The Kier molecular flexibility index (Phi) is 4.05. The maximum atomic E-state index is 6.17. The Balaban J connectivity index is 2.01. The third-order valence-electron chi connectivity index (χ3n) is 2.81. The van der Waals surface area contributed by atoms with Crippen LogP contribution in [0.3, 0.4) is 0 Å². The van der Waals surface area contributed by atoms with Crippen LogP contribution in [0.5, 0.6) is 0 Å². The van der Waals surface area contributed by atoms with Crippen LogP contribution in [0.25, 0.3) is 0 Å². The zero-order chi connectivity index (χ0) is 13.0. The van der Waals surface area contributed by atoms with Crippen LogP contribution in [0.4, 0.5) is 11.4 Å². The van der Waals surface area contributed by atoms with Crippen LogP contribution in [0.1, 0.15) is 5.69 Å². The molecule has 1 aromatic carbocycles. The fraction of sp³-hybridized carbons (Fsp3) is 0.214. The van der Waals surface area contributed by atoms with Crippen molar-refractivity contribution in [1.29, 1.82) is 0 Å². The molecule has 0 unspecified atom stereocenters. The number of hydrogen-bond acceptors (Lipinski definition) is 3. The van der Waals surface area contributed by atoms with Crippen molar-refractivity contribution in [3.8, 4) is 0 Å². The van der Waals surface area contributed by atoms with Crippen molar-refractivity contribution in [3.63, 3.8) is 0 Å². The number of rotatable bonds is 4. The average Bonchev–Trinajstić information content (AvgIpc) is 2.37. The SMILES string of the molecule is CN(CCc1ccccn1)c1ccc(N)cc1Cl.